The third-order valence-corrected chi connectivity index (χ3v) is 3.27. The van der Waals surface area contributed by atoms with Gasteiger partial charge < -0.3 is 10.6 Å². The highest BCUT2D eigenvalue weighted by atomic mass is 16.2. The molecule has 1 aromatic heterocycles. The Morgan fingerprint density at radius 2 is 2.10 bits per heavy atom. The van der Waals surface area contributed by atoms with Gasteiger partial charge >= 0.3 is 0 Å². The maximum atomic E-state index is 12.2. The molecule has 0 aliphatic heterocycles. The smallest absolute Gasteiger partial charge is 0.276 e. The van der Waals surface area contributed by atoms with Gasteiger partial charge in [0.25, 0.3) is 5.91 Å². The number of aromatic nitrogens is 3. The Bertz CT molecular complexity index is 566. The molecule has 0 saturated carbocycles. The van der Waals surface area contributed by atoms with Crippen molar-refractivity contribution in [2.75, 3.05) is 13.6 Å². The van der Waals surface area contributed by atoms with E-state index >= 15 is 0 Å². The molecule has 0 aliphatic rings. The minimum atomic E-state index is -0.165. The van der Waals surface area contributed by atoms with Crippen molar-refractivity contribution in [3.8, 4) is 0 Å². The summed E-state index contributed by atoms with van der Waals surface area (Å²) in [6, 6.07) is 9.88. The van der Waals surface area contributed by atoms with E-state index in [9.17, 15) is 4.79 Å². The number of hydrogen-bond donors (Lipinski definition) is 1. The normalized spacial score (nSPS) is 12.2. The monoisotopic (exact) mass is 273 g/mol. The topological polar surface area (TPSA) is 77.0 Å². The van der Waals surface area contributed by atoms with Gasteiger partial charge in [-0.3, -0.25) is 4.79 Å². The molecule has 0 saturated heterocycles. The zero-order valence-electron chi connectivity index (χ0n) is 11.7. The maximum absolute atomic E-state index is 12.2. The summed E-state index contributed by atoms with van der Waals surface area (Å²) in [7, 11) is 1.72. The molecule has 2 rings (SSSR count). The van der Waals surface area contributed by atoms with Crippen LogP contribution in [0.25, 0.3) is 0 Å². The van der Waals surface area contributed by atoms with Gasteiger partial charge in [0.2, 0.25) is 0 Å². The van der Waals surface area contributed by atoms with E-state index in [2.05, 4.69) is 10.3 Å². The van der Waals surface area contributed by atoms with Crippen LogP contribution < -0.4 is 5.73 Å². The van der Waals surface area contributed by atoms with Crippen LogP contribution in [0.2, 0.25) is 0 Å². The summed E-state index contributed by atoms with van der Waals surface area (Å²) in [4.78, 5) is 13.7. The molecule has 2 N–H and O–H groups in total. The summed E-state index contributed by atoms with van der Waals surface area (Å²) in [6.07, 6.45) is 1.66. The first-order valence-corrected chi connectivity index (χ1v) is 6.53. The number of benzene rings is 1. The summed E-state index contributed by atoms with van der Waals surface area (Å²) in [6.45, 7) is 2.91. The van der Waals surface area contributed by atoms with E-state index < -0.39 is 0 Å². The van der Waals surface area contributed by atoms with E-state index in [1.165, 1.54) is 0 Å². The van der Waals surface area contributed by atoms with E-state index in [1.807, 2.05) is 37.3 Å². The zero-order chi connectivity index (χ0) is 14.5. The Morgan fingerprint density at radius 1 is 1.40 bits per heavy atom. The van der Waals surface area contributed by atoms with E-state index in [1.54, 1.807) is 22.8 Å². The Balaban J connectivity index is 2.07. The second-order valence-corrected chi connectivity index (χ2v) is 4.79. The lowest BCUT2D eigenvalue weighted by Crippen LogP contribution is -2.39. The molecular formula is C14H19N5O. The summed E-state index contributed by atoms with van der Waals surface area (Å²) < 4.78 is 1.66. The van der Waals surface area contributed by atoms with E-state index in [4.69, 9.17) is 5.73 Å². The number of hydrogen-bond acceptors (Lipinski definition) is 4. The van der Waals surface area contributed by atoms with Crippen molar-refractivity contribution in [1.82, 2.24) is 19.9 Å². The number of carbonyl (C=O) groups is 1. The van der Waals surface area contributed by atoms with Crippen LogP contribution in [0, 0.1) is 0 Å². The second-order valence-electron chi connectivity index (χ2n) is 4.79. The fraction of sp³-hybridized carbons (Fsp3) is 0.357. The summed E-state index contributed by atoms with van der Waals surface area (Å²) in [5, 5.41) is 7.92. The maximum Gasteiger partial charge on any atom is 0.276 e. The molecule has 1 aromatic carbocycles. The first kappa shape index (κ1) is 14.2. The first-order chi connectivity index (χ1) is 9.61. The SMILES string of the molecule is CC(CN)N(C)C(=O)c1cn(Cc2ccccc2)nn1. The Labute approximate surface area is 118 Å². The van der Waals surface area contributed by atoms with Crippen LogP contribution in [0.15, 0.2) is 36.5 Å². The molecule has 1 unspecified atom stereocenters. The number of amides is 1. The van der Waals surface area contributed by atoms with Crippen molar-refractivity contribution < 1.29 is 4.79 Å². The number of likely N-dealkylation sites (N-methyl/N-ethyl adjacent to an activating group) is 1. The van der Waals surface area contributed by atoms with Crippen LogP contribution in [0.1, 0.15) is 23.0 Å². The Kier molecular flexibility index (Phi) is 4.47. The van der Waals surface area contributed by atoms with Crippen LogP contribution in [-0.4, -0.2) is 45.4 Å². The van der Waals surface area contributed by atoms with Gasteiger partial charge in [-0.2, -0.15) is 0 Å². The molecule has 6 heteroatoms. The van der Waals surface area contributed by atoms with Gasteiger partial charge in [-0.1, -0.05) is 35.5 Å². The molecule has 0 radical (unpaired) electrons. The molecule has 20 heavy (non-hydrogen) atoms. The lowest BCUT2D eigenvalue weighted by Gasteiger charge is -2.22. The highest BCUT2D eigenvalue weighted by Gasteiger charge is 2.19. The molecule has 0 spiro atoms. The average molecular weight is 273 g/mol. The van der Waals surface area contributed by atoms with Gasteiger partial charge in [0, 0.05) is 19.6 Å². The van der Waals surface area contributed by atoms with Crippen LogP contribution in [0.4, 0.5) is 0 Å². The molecule has 0 fully saturated rings. The number of rotatable bonds is 5. The minimum Gasteiger partial charge on any atom is -0.336 e. The molecule has 1 amide bonds. The van der Waals surface area contributed by atoms with Gasteiger partial charge in [-0.15, -0.1) is 5.10 Å². The van der Waals surface area contributed by atoms with E-state index in [-0.39, 0.29) is 11.9 Å². The standard InChI is InChI=1S/C14H19N5O/c1-11(8-15)18(2)14(20)13-10-19(17-16-13)9-12-6-4-3-5-7-12/h3-7,10-11H,8-9,15H2,1-2H3. The highest BCUT2D eigenvalue weighted by molar-refractivity contribution is 5.91. The van der Waals surface area contributed by atoms with Crippen LogP contribution in [0.3, 0.4) is 0 Å². The van der Waals surface area contributed by atoms with Gasteiger partial charge in [-0.25, -0.2) is 4.68 Å². The minimum absolute atomic E-state index is 0.0261. The van der Waals surface area contributed by atoms with Crippen molar-refractivity contribution in [2.24, 2.45) is 5.73 Å². The zero-order valence-corrected chi connectivity index (χ0v) is 11.7. The molecule has 1 atom stereocenters. The van der Waals surface area contributed by atoms with Crippen molar-refractivity contribution in [3.05, 3.63) is 47.8 Å². The highest BCUT2D eigenvalue weighted by Crippen LogP contribution is 2.05. The molecule has 2 aromatic rings. The fourth-order valence-corrected chi connectivity index (χ4v) is 1.78. The van der Waals surface area contributed by atoms with Gasteiger partial charge in [0.05, 0.1) is 12.7 Å². The number of carbonyl (C=O) groups excluding carboxylic acids is 1. The average Bonchev–Trinajstić information content (AvgIpc) is 2.94. The first-order valence-electron chi connectivity index (χ1n) is 6.53. The number of nitrogens with zero attached hydrogens (tertiary/aromatic N) is 4. The van der Waals surface area contributed by atoms with Crippen molar-refractivity contribution in [2.45, 2.75) is 19.5 Å². The van der Waals surface area contributed by atoms with Gasteiger partial charge in [0.15, 0.2) is 5.69 Å². The van der Waals surface area contributed by atoms with Crippen LogP contribution in [-0.2, 0) is 6.54 Å². The molecule has 6 nitrogen and oxygen atoms in total. The van der Waals surface area contributed by atoms with Crippen molar-refractivity contribution >= 4 is 5.91 Å². The molecule has 106 valence electrons. The fourth-order valence-electron chi connectivity index (χ4n) is 1.78. The molecule has 1 heterocycles. The molecular weight excluding hydrogens is 254 g/mol. The predicted octanol–water partition coefficient (Wildman–Crippen LogP) is 0.746. The van der Waals surface area contributed by atoms with Crippen LogP contribution in [0.5, 0.6) is 0 Å². The predicted molar refractivity (Wildman–Crippen MR) is 76.2 cm³/mol. The van der Waals surface area contributed by atoms with E-state index in [0.29, 0.717) is 18.8 Å². The summed E-state index contributed by atoms with van der Waals surface area (Å²) >= 11 is 0. The Hall–Kier alpha value is -2.21. The molecule has 0 bridgehead atoms. The summed E-state index contributed by atoms with van der Waals surface area (Å²) in [5.74, 6) is -0.165. The lowest BCUT2D eigenvalue weighted by molar-refractivity contribution is 0.0742. The lowest BCUT2D eigenvalue weighted by atomic mass is 10.2. The van der Waals surface area contributed by atoms with Crippen LogP contribution >= 0.6 is 0 Å². The molecule has 0 aliphatic carbocycles. The third kappa shape index (κ3) is 3.21. The quantitative estimate of drug-likeness (QED) is 0.872. The van der Waals surface area contributed by atoms with Crippen molar-refractivity contribution in [1.29, 1.82) is 0 Å². The second kappa shape index (κ2) is 6.29. The number of nitrogens with two attached hydrogens (primary N) is 1. The largest absolute Gasteiger partial charge is 0.336 e. The van der Waals surface area contributed by atoms with E-state index in [0.717, 1.165) is 5.56 Å². The third-order valence-electron chi connectivity index (χ3n) is 3.27. The summed E-state index contributed by atoms with van der Waals surface area (Å²) in [5.41, 5.74) is 7.01. The van der Waals surface area contributed by atoms with Gasteiger partial charge in [0.1, 0.15) is 0 Å². The Morgan fingerprint density at radius 3 is 2.75 bits per heavy atom. The van der Waals surface area contributed by atoms with Crippen molar-refractivity contribution in [3.63, 3.8) is 0 Å². The van der Waals surface area contributed by atoms with Gasteiger partial charge in [-0.05, 0) is 12.5 Å².